The molecule has 19 heavy (non-hydrogen) atoms. The van der Waals surface area contributed by atoms with Crippen LogP contribution in [0.5, 0.6) is 5.88 Å². The van der Waals surface area contributed by atoms with Crippen LogP contribution in [-0.2, 0) is 5.75 Å². The van der Waals surface area contributed by atoms with Gasteiger partial charge in [0.2, 0.25) is 5.88 Å². The van der Waals surface area contributed by atoms with Gasteiger partial charge in [-0.15, -0.1) is 0 Å². The Morgan fingerprint density at radius 3 is 2.89 bits per heavy atom. The average Bonchev–Trinajstić information content (AvgIpc) is 2.40. The van der Waals surface area contributed by atoms with Crippen LogP contribution in [0.2, 0.25) is 0 Å². The number of aryl methyl sites for hydroxylation is 1. The summed E-state index contributed by atoms with van der Waals surface area (Å²) in [4.78, 5) is 8.22. The number of benzene rings is 1. The van der Waals surface area contributed by atoms with Crippen LogP contribution in [0.1, 0.15) is 11.1 Å². The Labute approximate surface area is 115 Å². The molecular weight excluding hydrogens is 265 g/mol. The first kappa shape index (κ1) is 13.6. The van der Waals surface area contributed by atoms with E-state index in [1.807, 2.05) is 6.07 Å². The van der Waals surface area contributed by atoms with Crippen LogP contribution >= 0.6 is 11.8 Å². The maximum absolute atomic E-state index is 13.8. The summed E-state index contributed by atoms with van der Waals surface area (Å²) in [6.07, 6.45) is 0. The topological polar surface area (TPSA) is 61.0 Å². The molecule has 2 aromatic rings. The van der Waals surface area contributed by atoms with E-state index in [0.29, 0.717) is 33.7 Å². The molecule has 4 nitrogen and oxygen atoms in total. The number of halogens is 1. The van der Waals surface area contributed by atoms with Crippen molar-refractivity contribution in [1.82, 2.24) is 9.97 Å². The van der Waals surface area contributed by atoms with E-state index in [1.165, 1.54) is 24.9 Å². The van der Waals surface area contributed by atoms with Crippen molar-refractivity contribution in [2.24, 2.45) is 0 Å². The number of hydrogen-bond donors (Lipinski definition) is 1. The Kier molecular flexibility index (Phi) is 4.21. The van der Waals surface area contributed by atoms with Crippen LogP contribution < -0.4 is 10.5 Å². The van der Waals surface area contributed by atoms with Crippen molar-refractivity contribution in [3.05, 3.63) is 41.2 Å². The van der Waals surface area contributed by atoms with Gasteiger partial charge in [0.1, 0.15) is 11.6 Å². The van der Waals surface area contributed by atoms with Gasteiger partial charge in [-0.1, -0.05) is 30.0 Å². The number of anilines is 1. The second kappa shape index (κ2) is 5.88. The quantitative estimate of drug-likeness (QED) is 0.689. The molecule has 0 saturated carbocycles. The van der Waals surface area contributed by atoms with E-state index in [4.69, 9.17) is 10.5 Å². The third-order valence-corrected chi connectivity index (χ3v) is 3.44. The van der Waals surface area contributed by atoms with E-state index >= 15 is 0 Å². The van der Waals surface area contributed by atoms with E-state index in [0.717, 1.165) is 0 Å². The molecule has 0 unspecified atom stereocenters. The molecule has 2 N–H and O–H groups in total. The van der Waals surface area contributed by atoms with Crippen molar-refractivity contribution in [2.45, 2.75) is 17.8 Å². The Morgan fingerprint density at radius 1 is 1.37 bits per heavy atom. The van der Waals surface area contributed by atoms with E-state index in [-0.39, 0.29) is 5.82 Å². The van der Waals surface area contributed by atoms with E-state index in [2.05, 4.69) is 9.97 Å². The summed E-state index contributed by atoms with van der Waals surface area (Å²) in [5, 5.41) is 0.470. The Balaban J connectivity index is 2.14. The van der Waals surface area contributed by atoms with Crippen molar-refractivity contribution in [1.29, 1.82) is 0 Å². The summed E-state index contributed by atoms with van der Waals surface area (Å²) in [6, 6.07) is 6.86. The Morgan fingerprint density at radius 2 is 2.16 bits per heavy atom. The molecule has 1 aromatic carbocycles. The predicted molar refractivity (Wildman–Crippen MR) is 73.7 cm³/mol. The molecule has 1 aromatic heterocycles. The molecule has 0 aliphatic heterocycles. The SMILES string of the molecule is COc1cc(N)nc(SCc2cccc(C)c2F)n1. The summed E-state index contributed by atoms with van der Waals surface area (Å²) in [5.41, 5.74) is 6.89. The van der Waals surface area contributed by atoms with Gasteiger partial charge in [-0.2, -0.15) is 4.98 Å². The van der Waals surface area contributed by atoms with Gasteiger partial charge in [0, 0.05) is 11.8 Å². The summed E-state index contributed by atoms with van der Waals surface area (Å²) >= 11 is 1.32. The second-order valence-electron chi connectivity index (χ2n) is 3.95. The molecular formula is C13H14FN3OS. The number of thioether (sulfide) groups is 1. The lowest BCUT2D eigenvalue weighted by Gasteiger charge is -2.06. The minimum Gasteiger partial charge on any atom is -0.481 e. The largest absolute Gasteiger partial charge is 0.481 e. The minimum absolute atomic E-state index is 0.189. The molecule has 0 fully saturated rings. The third kappa shape index (κ3) is 3.35. The maximum atomic E-state index is 13.8. The molecule has 0 spiro atoms. The van der Waals surface area contributed by atoms with Gasteiger partial charge in [-0.3, -0.25) is 0 Å². The van der Waals surface area contributed by atoms with Crippen molar-refractivity contribution in [2.75, 3.05) is 12.8 Å². The van der Waals surface area contributed by atoms with Crippen LogP contribution in [0.4, 0.5) is 10.2 Å². The second-order valence-corrected chi connectivity index (χ2v) is 4.90. The summed E-state index contributed by atoms with van der Waals surface area (Å²) < 4.78 is 18.8. The smallest absolute Gasteiger partial charge is 0.219 e. The third-order valence-electron chi connectivity index (χ3n) is 2.54. The number of rotatable bonds is 4. The predicted octanol–water partition coefficient (Wildman–Crippen LogP) is 2.81. The summed E-state index contributed by atoms with van der Waals surface area (Å²) in [6.45, 7) is 1.74. The molecule has 100 valence electrons. The first-order valence-electron chi connectivity index (χ1n) is 5.65. The number of methoxy groups -OCH3 is 1. The van der Waals surface area contributed by atoms with Crippen LogP contribution in [0.3, 0.4) is 0 Å². The maximum Gasteiger partial charge on any atom is 0.219 e. The van der Waals surface area contributed by atoms with Crippen LogP contribution in [0, 0.1) is 12.7 Å². The molecule has 0 atom stereocenters. The highest BCUT2D eigenvalue weighted by Crippen LogP contribution is 2.24. The van der Waals surface area contributed by atoms with Gasteiger partial charge >= 0.3 is 0 Å². The van der Waals surface area contributed by atoms with Gasteiger partial charge in [0.05, 0.1) is 7.11 Å². The normalized spacial score (nSPS) is 10.5. The first-order valence-corrected chi connectivity index (χ1v) is 6.64. The molecule has 0 aliphatic carbocycles. The monoisotopic (exact) mass is 279 g/mol. The highest BCUT2D eigenvalue weighted by atomic mass is 32.2. The summed E-state index contributed by atoms with van der Waals surface area (Å²) in [7, 11) is 1.51. The molecule has 0 saturated heterocycles. The lowest BCUT2D eigenvalue weighted by atomic mass is 10.1. The van der Waals surface area contributed by atoms with E-state index in [9.17, 15) is 4.39 Å². The van der Waals surface area contributed by atoms with Crippen LogP contribution in [0.15, 0.2) is 29.4 Å². The highest BCUT2D eigenvalue weighted by molar-refractivity contribution is 7.98. The molecule has 2 rings (SSSR count). The number of nitrogens with zero attached hydrogens (tertiary/aromatic N) is 2. The fourth-order valence-electron chi connectivity index (χ4n) is 1.55. The van der Waals surface area contributed by atoms with Crippen LogP contribution in [-0.4, -0.2) is 17.1 Å². The molecule has 0 amide bonds. The van der Waals surface area contributed by atoms with Gasteiger partial charge in [-0.25, -0.2) is 9.37 Å². The molecule has 1 heterocycles. The lowest BCUT2D eigenvalue weighted by molar-refractivity contribution is 0.393. The van der Waals surface area contributed by atoms with E-state index in [1.54, 1.807) is 19.1 Å². The molecule has 0 aliphatic rings. The van der Waals surface area contributed by atoms with Crippen molar-refractivity contribution < 1.29 is 9.13 Å². The number of nitrogen functional groups attached to an aromatic ring is 1. The first-order chi connectivity index (χ1) is 9.10. The lowest BCUT2D eigenvalue weighted by Crippen LogP contribution is -1.98. The van der Waals surface area contributed by atoms with Gasteiger partial charge in [-0.05, 0) is 18.1 Å². The average molecular weight is 279 g/mol. The van der Waals surface area contributed by atoms with E-state index < -0.39 is 0 Å². The number of nitrogens with two attached hydrogens (primary N) is 1. The zero-order valence-electron chi connectivity index (χ0n) is 10.7. The zero-order chi connectivity index (χ0) is 13.8. The Hall–Kier alpha value is -1.82. The number of ether oxygens (including phenoxy) is 1. The molecule has 0 bridgehead atoms. The number of hydrogen-bond acceptors (Lipinski definition) is 5. The van der Waals surface area contributed by atoms with Crippen LogP contribution in [0.25, 0.3) is 0 Å². The van der Waals surface area contributed by atoms with Crippen molar-refractivity contribution in [3.8, 4) is 5.88 Å². The van der Waals surface area contributed by atoms with Crippen molar-refractivity contribution in [3.63, 3.8) is 0 Å². The van der Waals surface area contributed by atoms with Gasteiger partial charge in [0.25, 0.3) is 0 Å². The highest BCUT2D eigenvalue weighted by Gasteiger charge is 2.08. The Bertz CT molecular complexity index is 592. The standard InChI is InChI=1S/C13H14FN3OS/c1-8-4-3-5-9(12(8)14)7-19-13-16-10(15)6-11(17-13)18-2/h3-6H,7H2,1-2H3,(H2,15,16,17). The fraction of sp³-hybridized carbons (Fsp3) is 0.231. The number of aromatic nitrogens is 2. The van der Waals surface area contributed by atoms with Gasteiger partial charge in [0.15, 0.2) is 5.16 Å². The fourth-order valence-corrected chi connectivity index (χ4v) is 2.38. The molecule has 6 heteroatoms. The summed E-state index contributed by atoms with van der Waals surface area (Å²) in [5.74, 6) is 0.991. The molecule has 0 radical (unpaired) electrons. The van der Waals surface area contributed by atoms with Crippen molar-refractivity contribution >= 4 is 17.6 Å². The van der Waals surface area contributed by atoms with Gasteiger partial charge < -0.3 is 10.5 Å². The minimum atomic E-state index is -0.189. The zero-order valence-corrected chi connectivity index (χ0v) is 11.5.